The molecule has 2 aromatic rings. The first-order chi connectivity index (χ1) is 13.7. The van der Waals surface area contributed by atoms with Crippen molar-refractivity contribution in [1.29, 1.82) is 0 Å². The van der Waals surface area contributed by atoms with Gasteiger partial charge in [-0.05, 0) is 51.3 Å². The van der Waals surface area contributed by atoms with Crippen LogP contribution in [0.1, 0.15) is 44.5 Å². The Bertz CT molecular complexity index is 843. The van der Waals surface area contributed by atoms with Crippen molar-refractivity contribution in [3.8, 4) is 0 Å². The van der Waals surface area contributed by atoms with Gasteiger partial charge in [0.25, 0.3) is 0 Å². The number of hydrogen-bond acceptors (Lipinski definition) is 6. The van der Waals surface area contributed by atoms with E-state index in [9.17, 15) is 9.59 Å². The van der Waals surface area contributed by atoms with Gasteiger partial charge in [0, 0.05) is 19.3 Å². The molecule has 2 aliphatic rings. The lowest BCUT2D eigenvalue weighted by molar-refractivity contribution is -0.151. The lowest BCUT2D eigenvalue weighted by atomic mass is 9.97. The first-order valence-corrected chi connectivity index (χ1v) is 10.2. The number of nitrogens with zero attached hydrogens (tertiary/aromatic N) is 5. The van der Waals surface area contributed by atoms with Crippen LogP contribution in [-0.4, -0.2) is 69.1 Å². The Morgan fingerprint density at radius 3 is 2.75 bits per heavy atom. The van der Waals surface area contributed by atoms with Gasteiger partial charge in [-0.2, -0.15) is 0 Å². The summed E-state index contributed by atoms with van der Waals surface area (Å²) in [5.74, 6) is 0.823. The predicted molar refractivity (Wildman–Crippen MR) is 102 cm³/mol. The van der Waals surface area contributed by atoms with Crippen LogP contribution in [0.5, 0.6) is 0 Å². The summed E-state index contributed by atoms with van der Waals surface area (Å²) < 4.78 is 7.12. The number of likely N-dealkylation sites (tertiary alicyclic amines) is 2. The van der Waals surface area contributed by atoms with E-state index in [-0.39, 0.29) is 23.8 Å². The summed E-state index contributed by atoms with van der Waals surface area (Å²) >= 11 is 0. The third kappa shape index (κ3) is 3.73. The minimum absolute atomic E-state index is 0.0779. The lowest BCUT2D eigenvalue weighted by Crippen LogP contribution is -2.45. The number of rotatable bonds is 5. The van der Waals surface area contributed by atoms with Crippen LogP contribution in [0.3, 0.4) is 0 Å². The monoisotopic (exact) mass is 385 g/mol. The predicted octanol–water partition coefficient (Wildman–Crippen LogP) is 1.67. The molecule has 150 valence electrons. The Balaban J connectivity index is 1.37. The zero-order chi connectivity index (χ0) is 19.5. The van der Waals surface area contributed by atoms with E-state index < -0.39 is 0 Å². The molecule has 0 radical (unpaired) electrons. The van der Waals surface area contributed by atoms with Gasteiger partial charge in [-0.3, -0.25) is 18.9 Å². The topological polar surface area (TPSA) is 80.0 Å². The molecule has 1 atom stereocenters. The van der Waals surface area contributed by atoms with Gasteiger partial charge in [-0.25, -0.2) is 0 Å². The average molecular weight is 385 g/mol. The van der Waals surface area contributed by atoms with E-state index in [1.165, 1.54) is 0 Å². The molecule has 28 heavy (non-hydrogen) atoms. The molecule has 0 aliphatic carbocycles. The third-order valence-electron chi connectivity index (χ3n) is 5.81. The second-order valence-corrected chi connectivity index (χ2v) is 7.52. The van der Waals surface area contributed by atoms with E-state index in [0.29, 0.717) is 39.1 Å². The number of ether oxygens (including phenoxy) is 1. The maximum Gasteiger partial charge on any atom is 0.309 e. The van der Waals surface area contributed by atoms with E-state index in [1.807, 2.05) is 40.6 Å². The Morgan fingerprint density at radius 2 is 1.96 bits per heavy atom. The molecule has 1 unspecified atom stereocenters. The normalized spacial score (nSPS) is 21.3. The summed E-state index contributed by atoms with van der Waals surface area (Å²) in [6.07, 6.45) is 5.37. The van der Waals surface area contributed by atoms with E-state index in [0.717, 1.165) is 30.9 Å². The molecule has 8 nitrogen and oxygen atoms in total. The number of carbonyl (C=O) groups is 2. The van der Waals surface area contributed by atoms with Crippen molar-refractivity contribution in [2.75, 3.05) is 32.8 Å². The van der Waals surface area contributed by atoms with Crippen molar-refractivity contribution in [1.82, 2.24) is 24.4 Å². The molecule has 0 bridgehead atoms. The molecule has 4 heterocycles. The number of aromatic nitrogens is 3. The van der Waals surface area contributed by atoms with Gasteiger partial charge in [-0.15, -0.1) is 10.2 Å². The zero-order valence-electron chi connectivity index (χ0n) is 16.3. The number of piperidine rings is 1. The number of pyridine rings is 1. The fraction of sp³-hybridized carbons (Fsp3) is 0.600. The van der Waals surface area contributed by atoms with Crippen LogP contribution in [0.25, 0.3) is 5.65 Å². The van der Waals surface area contributed by atoms with Crippen molar-refractivity contribution in [2.24, 2.45) is 5.92 Å². The summed E-state index contributed by atoms with van der Waals surface area (Å²) in [4.78, 5) is 28.8. The zero-order valence-corrected chi connectivity index (χ0v) is 16.3. The summed E-state index contributed by atoms with van der Waals surface area (Å²) in [6, 6.07) is 5.97. The standard InChI is InChI=1S/C20H27N5O3/c1-2-28-20(27)15-8-12-23(13-9-15)18(26)14-24-10-5-6-16(24)19-22-21-17-7-3-4-11-25(17)19/h3-4,7,11,15-16H,2,5-6,8-10,12-14H2,1H3. The van der Waals surface area contributed by atoms with Crippen LogP contribution in [0, 0.1) is 5.92 Å². The Hall–Kier alpha value is -2.48. The minimum atomic E-state index is -0.132. The van der Waals surface area contributed by atoms with Crippen molar-refractivity contribution in [2.45, 2.75) is 38.6 Å². The molecule has 4 rings (SSSR count). The van der Waals surface area contributed by atoms with Gasteiger partial charge in [0.05, 0.1) is 25.1 Å². The number of fused-ring (bicyclic) bond motifs is 1. The summed E-state index contributed by atoms with van der Waals surface area (Å²) in [5.41, 5.74) is 0.830. The number of esters is 1. The van der Waals surface area contributed by atoms with E-state index >= 15 is 0 Å². The third-order valence-corrected chi connectivity index (χ3v) is 5.81. The quantitative estimate of drug-likeness (QED) is 0.729. The second-order valence-electron chi connectivity index (χ2n) is 7.52. The van der Waals surface area contributed by atoms with Crippen molar-refractivity contribution in [3.63, 3.8) is 0 Å². The molecule has 8 heteroatoms. The fourth-order valence-electron chi connectivity index (χ4n) is 4.29. The Kier molecular flexibility index (Phi) is 5.57. The number of hydrogen-bond donors (Lipinski definition) is 0. The molecule has 2 aliphatic heterocycles. The Labute approximate surface area is 164 Å². The molecule has 1 amide bonds. The maximum atomic E-state index is 12.9. The van der Waals surface area contributed by atoms with E-state index in [1.54, 1.807) is 0 Å². The van der Waals surface area contributed by atoms with Gasteiger partial charge in [0.1, 0.15) is 0 Å². The minimum Gasteiger partial charge on any atom is -0.466 e. The number of amides is 1. The number of carbonyl (C=O) groups excluding carboxylic acids is 2. The molecule has 0 aromatic carbocycles. The van der Waals surface area contributed by atoms with E-state index in [2.05, 4.69) is 15.1 Å². The second kappa shape index (κ2) is 8.26. The van der Waals surface area contributed by atoms with Crippen LogP contribution in [0.15, 0.2) is 24.4 Å². The summed E-state index contributed by atoms with van der Waals surface area (Å²) in [5, 5.41) is 8.64. The summed E-state index contributed by atoms with van der Waals surface area (Å²) in [6.45, 7) is 4.74. The molecule has 0 saturated carbocycles. The lowest BCUT2D eigenvalue weighted by Gasteiger charge is -2.33. The molecular weight excluding hydrogens is 358 g/mol. The molecule has 2 saturated heterocycles. The van der Waals surface area contributed by atoms with Crippen LogP contribution in [0.4, 0.5) is 0 Å². The van der Waals surface area contributed by atoms with Crippen molar-refractivity contribution in [3.05, 3.63) is 30.2 Å². The highest BCUT2D eigenvalue weighted by Crippen LogP contribution is 2.31. The molecule has 2 aromatic heterocycles. The van der Waals surface area contributed by atoms with Crippen LogP contribution in [0.2, 0.25) is 0 Å². The molecular formula is C20H27N5O3. The largest absolute Gasteiger partial charge is 0.466 e. The van der Waals surface area contributed by atoms with Gasteiger partial charge >= 0.3 is 5.97 Å². The Morgan fingerprint density at radius 1 is 1.14 bits per heavy atom. The van der Waals surface area contributed by atoms with Gasteiger partial charge in [0.15, 0.2) is 11.5 Å². The van der Waals surface area contributed by atoms with E-state index in [4.69, 9.17) is 4.74 Å². The van der Waals surface area contributed by atoms with Gasteiger partial charge in [0.2, 0.25) is 5.91 Å². The van der Waals surface area contributed by atoms with Crippen LogP contribution >= 0.6 is 0 Å². The maximum absolute atomic E-state index is 12.9. The highest BCUT2D eigenvalue weighted by molar-refractivity contribution is 5.79. The first-order valence-electron chi connectivity index (χ1n) is 10.2. The van der Waals surface area contributed by atoms with Crippen molar-refractivity contribution < 1.29 is 14.3 Å². The molecule has 2 fully saturated rings. The fourth-order valence-corrected chi connectivity index (χ4v) is 4.29. The molecule has 0 spiro atoms. The van der Waals surface area contributed by atoms with Crippen LogP contribution < -0.4 is 0 Å². The smallest absolute Gasteiger partial charge is 0.309 e. The highest BCUT2D eigenvalue weighted by Gasteiger charge is 2.34. The highest BCUT2D eigenvalue weighted by atomic mass is 16.5. The van der Waals surface area contributed by atoms with Crippen LogP contribution in [-0.2, 0) is 14.3 Å². The van der Waals surface area contributed by atoms with Gasteiger partial charge in [-0.1, -0.05) is 6.07 Å². The van der Waals surface area contributed by atoms with Crippen molar-refractivity contribution >= 4 is 17.5 Å². The summed E-state index contributed by atoms with van der Waals surface area (Å²) in [7, 11) is 0. The first kappa shape index (κ1) is 18.9. The average Bonchev–Trinajstić information content (AvgIpc) is 3.34. The van der Waals surface area contributed by atoms with Gasteiger partial charge < -0.3 is 9.64 Å². The molecule has 0 N–H and O–H groups in total. The SMILES string of the molecule is CCOC(=O)C1CCN(C(=O)CN2CCCC2c2nnc3ccccn23)CC1.